The van der Waals surface area contributed by atoms with Crippen LogP contribution in [0, 0.1) is 0 Å². The Kier molecular flexibility index (Phi) is 4.66. The van der Waals surface area contributed by atoms with Crippen molar-refractivity contribution in [3.63, 3.8) is 0 Å². The Hall–Kier alpha value is -0.770. The van der Waals surface area contributed by atoms with Crippen LogP contribution in [0.3, 0.4) is 0 Å². The minimum absolute atomic E-state index is 0.226. The van der Waals surface area contributed by atoms with Gasteiger partial charge in [0.15, 0.2) is 0 Å². The quantitative estimate of drug-likeness (QED) is 0.813. The van der Waals surface area contributed by atoms with Crippen LogP contribution in [-0.4, -0.2) is 24.9 Å². The second-order valence-electron chi connectivity index (χ2n) is 4.26. The zero-order valence-corrected chi connectivity index (χ0v) is 10.5. The molecule has 0 aromatic heterocycles. The Morgan fingerprint density at radius 3 is 3.18 bits per heavy atom. The van der Waals surface area contributed by atoms with E-state index in [9.17, 15) is 0 Å². The first-order valence-corrected chi connectivity index (χ1v) is 6.45. The Morgan fingerprint density at radius 1 is 1.47 bits per heavy atom. The maximum Gasteiger partial charge on any atom is 0.125 e. The highest BCUT2D eigenvalue weighted by atomic mass is 35.5. The molecule has 94 valence electrons. The minimum Gasteiger partial charge on any atom is -0.493 e. The van der Waals surface area contributed by atoms with Crippen LogP contribution in [0.4, 0.5) is 0 Å². The highest BCUT2D eigenvalue weighted by Crippen LogP contribution is 2.33. The van der Waals surface area contributed by atoms with Gasteiger partial charge in [0.25, 0.3) is 0 Å². The first kappa shape index (κ1) is 12.7. The van der Waals surface area contributed by atoms with E-state index in [-0.39, 0.29) is 6.61 Å². The molecule has 3 nitrogen and oxygen atoms in total. The molecule has 1 heterocycles. The van der Waals surface area contributed by atoms with Crippen LogP contribution >= 0.6 is 11.6 Å². The molecule has 2 N–H and O–H groups in total. The molecule has 1 aliphatic heterocycles. The van der Waals surface area contributed by atoms with Gasteiger partial charge in [0.1, 0.15) is 5.75 Å². The average Bonchev–Trinajstić information content (AvgIpc) is 2.52. The van der Waals surface area contributed by atoms with Crippen molar-refractivity contribution in [2.24, 2.45) is 0 Å². The summed E-state index contributed by atoms with van der Waals surface area (Å²) in [7, 11) is 0. The lowest BCUT2D eigenvalue weighted by Crippen LogP contribution is -2.22. The van der Waals surface area contributed by atoms with Crippen molar-refractivity contribution >= 4 is 11.6 Å². The molecule has 0 amide bonds. The number of nitrogens with one attached hydrogen (secondary N) is 1. The Labute approximate surface area is 107 Å². The number of aliphatic hydroxyl groups is 1. The first-order valence-electron chi connectivity index (χ1n) is 6.08. The van der Waals surface area contributed by atoms with Crippen molar-refractivity contribution in [2.75, 3.05) is 19.8 Å². The fourth-order valence-corrected chi connectivity index (χ4v) is 2.28. The van der Waals surface area contributed by atoms with Gasteiger partial charge >= 0.3 is 0 Å². The molecule has 1 aromatic rings. The zero-order chi connectivity index (χ0) is 12.1. The van der Waals surface area contributed by atoms with Crippen LogP contribution < -0.4 is 10.1 Å². The third-order valence-electron chi connectivity index (χ3n) is 2.97. The van der Waals surface area contributed by atoms with Crippen molar-refractivity contribution in [3.05, 3.63) is 28.8 Å². The number of rotatable bonds is 4. The molecule has 1 aromatic carbocycles. The Balaban J connectivity index is 2.12. The van der Waals surface area contributed by atoms with Crippen LogP contribution in [0.2, 0.25) is 5.02 Å². The van der Waals surface area contributed by atoms with E-state index in [4.69, 9.17) is 21.4 Å². The van der Waals surface area contributed by atoms with Crippen LogP contribution in [0.5, 0.6) is 5.75 Å². The molecule has 0 fully saturated rings. The van der Waals surface area contributed by atoms with Gasteiger partial charge in [0.05, 0.1) is 6.61 Å². The maximum absolute atomic E-state index is 8.80. The molecule has 1 unspecified atom stereocenters. The van der Waals surface area contributed by atoms with E-state index in [0.717, 1.165) is 38.2 Å². The molecule has 0 aliphatic carbocycles. The lowest BCUT2D eigenvalue weighted by molar-refractivity contribution is 0.282. The molecule has 0 bridgehead atoms. The molecular weight excluding hydrogens is 238 g/mol. The van der Waals surface area contributed by atoms with E-state index < -0.39 is 0 Å². The van der Waals surface area contributed by atoms with Gasteiger partial charge in [-0.25, -0.2) is 0 Å². The summed E-state index contributed by atoms with van der Waals surface area (Å²) < 4.78 is 5.69. The first-order chi connectivity index (χ1) is 8.31. The summed E-state index contributed by atoms with van der Waals surface area (Å²) in [5.74, 6) is 0.886. The molecule has 0 saturated heterocycles. The van der Waals surface area contributed by atoms with E-state index in [1.54, 1.807) is 0 Å². The molecule has 1 aliphatic rings. The predicted octanol–water partition coefficient (Wildman–Crippen LogP) is 2.53. The van der Waals surface area contributed by atoms with Crippen molar-refractivity contribution in [1.82, 2.24) is 5.32 Å². The zero-order valence-electron chi connectivity index (χ0n) is 9.79. The van der Waals surface area contributed by atoms with Crippen molar-refractivity contribution in [3.8, 4) is 5.75 Å². The Morgan fingerprint density at radius 2 is 2.35 bits per heavy atom. The van der Waals surface area contributed by atoms with Gasteiger partial charge in [-0.05, 0) is 37.9 Å². The number of ether oxygens (including phenoxy) is 1. The van der Waals surface area contributed by atoms with Crippen molar-refractivity contribution in [2.45, 2.75) is 25.3 Å². The largest absolute Gasteiger partial charge is 0.493 e. The topological polar surface area (TPSA) is 41.5 Å². The van der Waals surface area contributed by atoms with Crippen LogP contribution in [0.15, 0.2) is 18.2 Å². The molecule has 1 atom stereocenters. The number of hydrogen-bond donors (Lipinski definition) is 2. The monoisotopic (exact) mass is 255 g/mol. The smallest absolute Gasteiger partial charge is 0.125 e. The summed E-state index contributed by atoms with van der Waals surface area (Å²) in [5.41, 5.74) is 1.17. The van der Waals surface area contributed by atoms with E-state index >= 15 is 0 Å². The normalized spacial score (nSPS) is 19.3. The number of aliphatic hydroxyl groups excluding tert-OH is 1. The van der Waals surface area contributed by atoms with Crippen LogP contribution in [0.25, 0.3) is 0 Å². The number of halogens is 1. The minimum atomic E-state index is 0.226. The average molecular weight is 256 g/mol. The van der Waals surface area contributed by atoms with Crippen LogP contribution in [-0.2, 0) is 0 Å². The molecule has 2 rings (SSSR count). The number of hydrogen-bond acceptors (Lipinski definition) is 3. The highest BCUT2D eigenvalue weighted by molar-refractivity contribution is 6.30. The van der Waals surface area contributed by atoms with Gasteiger partial charge in [-0.1, -0.05) is 17.7 Å². The summed E-state index contributed by atoms with van der Waals surface area (Å²) in [6.07, 6.45) is 2.86. The lowest BCUT2D eigenvalue weighted by atomic mass is 10.0. The summed E-state index contributed by atoms with van der Waals surface area (Å²) in [6.45, 7) is 1.79. The van der Waals surface area contributed by atoms with E-state index in [1.807, 2.05) is 18.2 Å². The van der Waals surface area contributed by atoms with Crippen molar-refractivity contribution < 1.29 is 9.84 Å². The van der Waals surface area contributed by atoms with E-state index in [2.05, 4.69) is 5.32 Å². The van der Waals surface area contributed by atoms with Gasteiger partial charge in [-0.2, -0.15) is 0 Å². The summed E-state index contributed by atoms with van der Waals surface area (Å²) in [6, 6.07) is 6.11. The second kappa shape index (κ2) is 6.24. The molecule has 0 spiro atoms. The SMILES string of the molecule is OCCCNC1CCCOc2cc(Cl)ccc21. The third kappa shape index (κ3) is 3.35. The van der Waals surface area contributed by atoms with Crippen LogP contribution in [0.1, 0.15) is 30.9 Å². The third-order valence-corrected chi connectivity index (χ3v) is 3.21. The van der Waals surface area contributed by atoms with Gasteiger partial charge < -0.3 is 15.2 Å². The van der Waals surface area contributed by atoms with Crippen molar-refractivity contribution in [1.29, 1.82) is 0 Å². The summed E-state index contributed by atoms with van der Waals surface area (Å²) in [4.78, 5) is 0. The highest BCUT2D eigenvalue weighted by Gasteiger charge is 2.19. The molecule has 4 heteroatoms. The predicted molar refractivity (Wildman–Crippen MR) is 68.6 cm³/mol. The maximum atomic E-state index is 8.80. The van der Waals surface area contributed by atoms with E-state index in [0.29, 0.717) is 11.1 Å². The Bertz CT molecular complexity index is 370. The lowest BCUT2D eigenvalue weighted by Gasteiger charge is -2.18. The fraction of sp³-hybridized carbons (Fsp3) is 0.538. The number of fused-ring (bicyclic) bond motifs is 1. The number of benzene rings is 1. The second-order valence-corrected chi connectivity index (χ2v) is 4.69. The van der Waals surface area contributed by atoms with Gasteiger partial charge in [0, 0.05) is 23.2 Å². The van der Waals surface area contributed by atoms with E-state index in [1.165, 1.54) is 5.56 Å². The summed E-state index contributed by atoms with van der Waals surface area (Å²) in [5, 5.41) is 13.0. The summed E-state index contributed by atoms with van der Waals surface area (Å²) >= 11 is 5.97. The standard InChI is InChI=1S/C13H18ClNO2/c14-10-4-5-11-12(15-6-2-7-16)3-1-8-17-13(11)9-10/h4-5,9,12,15-16H,1-3,6-8H2. The fourth-order valence-electron chi connectivity index (χ4n) is 2.11. The molecule has 17 heavy (non-hydrogen) atoms. The van der Waals surface area contributed by atoms with Gasteiger partial charge in [-0.3, -0.25) is 0 Å². The van der Waals surface area contributed by atoms with Gasteiger partial charge in [0.2, 0.25) is 0 Å². The van der Waals surface area contributed by atoms with Gasteiger partial charge in [-0.15, -0.1) is 0 Å². The molecular formula is C13H18ClNO2. The molecule has 0 radical (unpaired) electrons. The molecule has 0 saturated carbocycles.